The SMILES string of the molecule is CC1c2ccsc2CCN1S(=O)(=O)CCCCN. The standard InChI is InChI=1S/C12H20N2O2S2/c1-10-11-5-8-17-12(11)4-7-14(10)18(15,16)9-3-2-6-13/h5,8,10H,2-4,6-7,9,13H2,1H3. The van der Waals surface area contributed by atoms with Crippen molar-refractivity contribution < 1.29 is 8.42 Å². The first-order valence-corrected chi connectivity index (χ1v) is 8.81. The molecule has 18 heavy (non-hydrogen) atoms. The van der Waals surface area contributed by atoms with Crippen LogP contribution in [-0.4, -0.2) is 31.6 Å². The summed E-state index contributed by atoms with van der Waals surface area (Å²) in [6.07, 6.45) is 2.26. The molecule has 0 aromatic carbocycles. The maximum atomic E-state index is 12.3. The van der Waals surface area contributed by atoms with Gasteiger partial charge in [0.1, 0.15) is 0 Å². The highest BCUT2D eigenvalue weighted by molar-refractivity contribution is 7.89. The molecule has 0 bridgehead atoms. The number of fused-ring (bicyclic) bond motifs is 1. The van der Waals surface area contributed by atoms with E-state index >= 15 is 0 Å². The predicted molar refractivity (Wildman–Crippen MR) is 75.2 cm³/mol. The topological polar surface area (TPSA) is 63.4 Å². The molecule has 1 aliphatic heterocycles. The Hall–Kier alpha value is -0.430. The van der Waals surface area contributed by atoms with Gasteiger partial charge in [0.25, 0.3) is 0 Å². The normalized spacial score (nSPS) is 20.9. The van der Waals surface area contributed by atoms with Crippen LogP contribution in [0.1, 0.15) is 36.2 Å². The van der Waals surface area contributed by atoms with Gasteiger partial charge in [-0.25, -0.2) is 8.42 Å². The number of rotatable bonds is 5. The molecule has 6 heteroatoms. The van der Waals surface area contributed by atoms with Crippen molar-refractivity contribution in [1.29, 1.82) is 0 Å². The lowest BCUT2D eigenvalue weighted by Gasteiger charge is -2.32. The van der Waals surface area contributed by atoms with Gasteiger partial charge >= 0.3 is 0 Å². The molecular formula is C12H20N2O2S2. The molecule has 102 valence electrons. The first-order valence-electron chi connectivity index (χ1n) is 6.32. The molecule has 1 aliphatic rings. The van der Waals surface area contributed by atoms with Crippen molar-refractivity contribution in [3.63, 3.8) is 0 Å². The number of hydrogen-bond donors (Lipinski definition) is 1. The van der Waals surface area contributed by atoms with Crippen LogP contribution in [0.5, 0.6) is 0 Å². The number of nitrogens with zero attached hydrogens (tertiary/aromatic N) is 1. The number of unbranched alkanes of at least 4 members (excludes halogenated alkanes) is 1. The molecule has 1 unspecified atom stereocenters. The first kappa shape index (κ1) is 14.0. The van der Waals surface area contributed by atoms with Crippen molar-refractivity contribution in [2.24, 2.45) is 5.73 Å². The third-order valence-electron chi connectivity index (χ3n) is 3.43. The van der Waals surface area contributed by atoms with Crippen LogP contribution in [0, 0.1) is 0 Å². The van der Waals surface area contributed by atoms with Gasteiger partial charge in [0, 0.05) is 17.5 Å². The predicted octanol–water partition coefficient (Wildman–Crippen LogP) is 1.74. The summed E-state index contributed by atoms with van der Waals surface area (Å²) in [6.45, 7) is 3.14. The van der Waals surface area contributed by atoms with Crippen LogP contribution in [0.2, 0.25) is 0 Å². The van der Waals surface area contributed by atoms with Crippen LogP contribution in [0.3, 0.4) is 0 Å². The maximum absolute atomic E-state index is 12.3. The lowest BCUT2D eigenvalue weighted by Crippen LogP contribution is -2.39. The van der Waals surface area contributed by atoms with Crippen molar-refractivity contribution in [3.8, 4) is 0 Å². The monoisotopic (exact) mass is 288 g/mol. The molecule has 0 saturated carbocycles. The summed E-state index contributed by atoms with van der Waals surface area (Å²) in [5.41, 5.74) is 6.58. The Morgan fingerprint density at radius 2 is 2.28 bits per heavy atom. The molecule has 0 radical (unpaired) electrons. The highest BCUT2D eigenvalue weighted by Gasteiger charge is 2.32. The minimum Gasteiger partial charge on any atom is -0.330 e. The Bertz CT molecular complexity index is 496. The Labute approximate surface area is 113 Å². The Morgan fingerprint density at radius 1 is 1.50 bits per heavy atom. The third-order valence-corrected chi connectivity index (χ3v) is 6.45. The van der Waals surface area contributed by atoms with Crippen LogP contribution in [0.15, 0.2) is 11.4 Å². The largest absolute Gasteiger partial charge is 0.330 e. The summed E-state index contributed by atoms with van der Waals surface area (Å²) in [7, 11) is -3.14. The van der Waals surface area contributed by atoms with E-state index in [1.807, 2.05) is 18.4 Å². The molecule has 0 saturated heterocycles. The van der Waals surface area contributed by atoms with E-state index in [2.05, 4.69) is 0 Å². The van der Waals surface area contributed by atoms with Crippen molar-refractivity contribution in [2.75, 3.05) is 18.8 Å². The highest BCUT2D eigenvalue weighted by atomic mass is 32.2. The molecule has 0 fully saturated rings. The van der Waals surface area contributed by atoms with Gasteiger partial charge < -0.3 is 5.73 Å². The lowest BCUT2D eigenvalue weighted by molar-refractivity contribution is 0.328. The molecule has 2 N–H and O–H groups in total. The van der Waals surface area contributed by atoms with Crippen molar-refractivity contribution in [3.05, 3.63) is 21.9 Å². The van der Waals surface area contributed by atoms with Gasteiger partial charge in [-0.1, -0.05) is 0 Å². The van der Waals surface area contributed by atoms with Gasteiger partial charge in [0.05, 0.1) is 5.75 Å². The van der Waals surface area contributed by atoms with Gasteiger partial charge in [0.2, 0.25) is 10.0 Å². The molecule has 1 aromatic heterocycles. The van der Waals surface area contributed by atoms with Crippen LogP contribution in [0.4, 0.5) is 0 Å². The zero-order chi connectivity index (χ0) is 13.2. The van der Waals surface area contributed by atoms with E-state index in [0.717, 1.165) is 12.8 Å². The summed E-state index contributed by atoms with van der Waals surface area (Å²) in [6, 6.07) is 2.02. The van der Waals surface area contributed by atoms with Crippen molar-refractivity contribution >= 4 is 21.4 Å². The second-order valence-corrected chi connectivity index (χ2v) is 7.69. The molecular weight excluding hydrogens is 268 g/mol. The fraction of sp³-hybridized carbons (Fsp3) is 0.667. The van der Waals surface area contributed by atoms with Gasteiger partial charge in [-0.15, -0.1) is 11.3 Å². The quantitative estimate of drug-likeness (QED) is 0.839. The van der Waals surface area contributed by atoms with E-state index in [1.165, 1.54) is 10.4 Å². The number of hydrogen-bond acceptors (Lipinski definition) is 4. The van der Waals surface area contributed by atoms with Crippen LogP contribution < -0.4 is 5.73 Å². The molecule has 2 heterocycles. The molecule has 0 spiro atoms. The summed E-state index contributed by atoms with van der Waals surface area (Å²) in [5.74, 6) is 0.216. The molecule has 2 rings (SSSR count). The van der Waals surface area contributed by atoms with E-state index in [4.69, 9.17) is 5.73 Å². The van der Waals surface area contributed by atoms with Crippen LogP contribution in [0.25, 0.3) is 0 Å². The van der Waals surface area contributed by atoms with E-state index in [-0.39, 0.29) is 11.8 Å². The summed E-state index contributed by atoms with van der Waals surface area (Å²) in [4.78, 5) is 1.33. The van der Waals surface area contributed by atoms with E-state index < -0.39 is 10.0 Å². The zero-order valence-electron chi connectivity index (χ0n) is 10.6. The van der Waals surface area contributed by atoms with Gasteiger partial charge in [-0.2, -0.15) is 4.31 Å². The van der Waals surface area contributed by atoms with Crippen molar-refractivity contribution in [2.45, 2.75) is 32.2 Å². The van der Waals surface area contributed by atoms with Crippen LogP contribution in [-0.2, 0) is 16.4 Å². The first-order chi connectivity index (χ1) is 8.56. The van der Waals surface area contributed by atoms with E-state index in [0.29, 0.717) is 19.5 Å². The zero-order valence-corrected chi connectivity index (χ0v) is 12.3. The molecule has 1 aromatic rings. The number of sulfonamides is 1. The fourth-order valence-electron chi connectivity index (χ4n) is 2.41. The third kappa shape index (κ3) is 2.77. The average molecular weight is 288 g/mol. The van der Waals surface area contributed by atoms with Gasteiger partial charge in [-0.3, -0.25) is 0 Å². The van der Waals surface area contributed by atoms with E-state index in [1.54, 1.807) is 15.6 Å². The minimum atomic E-state index is -3.14. The average Bonchev–Trinajstić information content (AvgIpc) is 2.78. The summed E-state index contributed by atoms with van der Waals surface area (Å²) < 4.78 is 26.2. The second-order valence-electron chi connectivity index (χ2n) is 4.65. The minimum absolute atomic E-state index is 0.0251. The van der Waals surface area contributed by atoms with E-state index in [9.17, 15) is 8.42 Å². The highest BCUT2D eigenvalue weighted by Crippen LogP contribution is 2.34. The maximum Gasteiger partial charge on any atom is 0.214 e. The molecule has 4 nitrogen and oxygen atoms in total. The Balaban J connectivity index is 2.10. The van der Waals surface area contributed by atoms with Crippen molar-refractivity contribution in [1.82, 2.24) is 4.31 Å². The van der Waals surface area contributed by atoms with Gasteiger partial charge in [0.15, 0.2) is 0 Å². The molecule has 0 aliphatic carbocycles. The van der Waals surface area contributed by atoms with Gasteiger partial charge in [-0.05, 0) is 49.7 Å². The fourth-order valence-corrected chi connectivity index (χ4v) is 5.14. The second kappa shape index (κ2) is 5.69. The lowest BCUT2D eigenvalue weighted by atomic mass is 10.0. The smallest absolute Gasteiger partial charge is 0.214 e. The summed E-state index contributed by atoms with van der Waals surface area (Å²) in [5, 5.41) is 2.05. The number of thiophene rings is 1. The summed E-state index contributed by atoms with van der Waals surface area (Å²) >= 11 is 1.73. The molecule has 1 atom stereocenters. The Morgan fingerprint density at radius 3 is 3.00 bits per heavy atom. The molecule has 0 amide bonds. The number of nitrogens with two attached hydrogens (primary N) is 1. The Kier molecular flexibility index (Phi) is 4.42. The van der Waals surface area contributed by atoms with Crippen LogP contribution >= 0.6 is 11.3 Å².